The molecule has 0 unspecified atom stereocenters. The average molecular weight is 1170 g/mol. The quantitative estimate of drug-likeness (QED) is 0.0760. The lowest BCUT2D eigenvalue weighted by molar-refractivity contribution is 0.615. The van der Waals surface area contributed by atoms with E-state index in [1.165, 1.54) is 61.2 Å². The highest BCUT2D eigenvalue weighted by Gasteiger charge is 2.13. The highest BCUT2D eigenvalue weighted by Crippen LogP contribution is 2.27. The number of nitrogens with two attached hydrogens (primary N) is 2. The van der Waals surface area contributed by atoms with Gasteiger partial charge in [0.05, 0.1) is 56.3 Å². The summed E-state index contributed by atoms with van der Waals surface area (Å²) in [6.45, 7) is 33.6. The average Bonchev–Trinajstić information content (AvgIpc) is 3.85. The molecule has 87 heavy (non-hydrogen) atoms. The summed E-state index contributed by atoms with van der Waals surface area (Å²) >= 11 is 0. The van der Waals surface area contributed by atoms with E-state index in [1.807, 2.05) is 49.6 Å². The van der Waals surface area contributed by atoms with Gasteiger partial charge in [-0.1, -0.05) is 127 Å². The van der Waals surface area contributed by atoms with Gasteiger partial charge >= 0.3 is 0 Å². The smallest absolute Gasteiger partial charge is 0.198 e. The van der Waals surface area contributed by atoms with Crippen molar-refractivity contribution in [2.45, 2.75) is 152 Å². The summed E-state index contributed by atoms with van der Waals surface area (Å²) in [5, 5.41) is 13.7. The van der Waals surface area contributed by atoms with E-state index >= 15 is 0 Å². The SMILES string of the molecule is CC(C)c1ccc2[nH]ccc2c1.CC(C)c1ccc2[nH]ccc2n1.CC(C)c1ccc2[nH]nc(N)c2c1.CC(C)c1ccc2c(n1)CCN2.CC(C)c1ccc2nc(N)[nH]c2c1.CC(C)c1ccc2occc2c1.Cc1nc2ccc(C(C)C)cc2[nH]1. The summed E-state index contributed by atoms with van der Waals surface area (Å²) < 4.78 is 5.25. The van der Waals surface area contributed by atoms with Crippen LogP contribution in [-0.2, 0) is 6.42 Å². The third kappa shape index (κ3) is 17.1. The maximum Gasteiger partial charge on any atom is 0.198 e. The molecule has 0 atom stereocenters. The van der Waals surface area contributed by atoms with Crippen LogP contribution < -0.4 is 16.8 Å². The minimum absolute atomic E-state index is 0.482. The molecule has 14 heteroatoms. The number of aryl methyl sites for hydroxylation is 1. The molecule has 0 aliphatic carbocycles. The second-order valence-electron chi connectivity index (χ2n) is 24.6. The molecule has 14 rings (SSSR count). The number of aromatic nitrogens is 10. The Labute approximate surface area is 513 Å². The van der Waals surface area contributed by atoms with E-state index in [1.54, 1.807) is 6.26 Å². The number of furan rings is 1. The van der Waals surface area contributed by atoms with Gasteiger partial charge < -0.3 is 41.1 Å². The van der Waals surface area contributed by atoms with Crippen molar-refractivity contribution >= 4 is 83.3 Å². The first kappa shape index (κ1) is 63.8. The van der Waals surface area contributed by atoms with Gasteiger partial charge in [0, 0.05) is 53.0 Å². The monoisotopic (exact) mass is 1170 g/mol. The van der Waals surface area contributed by atoms with Gasteiger partial charge in [0.25, 0.3) is 0 Å². The van der Waals surface area contributed by atoms with Crippen LogP contribution in [0.5, 0.6) is 0 Å². The lowest BCUT2D eigenvalue weighted by atomic mass is 10.0. The van der Waals surface area contributed by atoms with E-state index < -0.39 is 0 Å². The topological polar surface area (TPSA) is 221 Å². The number of pyridine rings is 2. The van der Waals surface area contributed by atoms with Gasteiger partial charge in [0.15, 0.2) is 11.8 Å². The normalized spacial score (nSPS) is 11.7. The van der Waals surface area contributed by atoms with Crippen LogP contribution in [-0.4, -0.2) is 56.6 Å². The first-order valence-electron chi connectivity index (χ1n) is 30.8. The van der Waals surface area contributed by atoms with Gasteiger partial charge in [-0.15, -0.1) is 0 Å². The van der Waals surface area contributed by atoms with Crippen LogP contribution in [0.25, 0.3) is 65.9 Å². The molecule has 0 fully saturated rings. The van der Waals surface area contributed by atoms with Gasteiger partial charge in [-0.3, -0.25) is 15.1 Å². The number of hydrogen-bond acceptors (Lipinski definition) is 9. The summed E-state index contributed by atoms with van der Waals surface area (Å²) in [5.41, 5.74) is 32.3. The molecule has 0 amide bonds. The van der Waals surface area contributed by atoms with Crippen molar-refractivity contribution in [2.75, 3.05) is 23.3 Å². The van der Waals surface area contributed by atoms with Crippen LogP contribution in [0.1, 0.15) is 189 Å². The zero-order valence-electron chi connectivity index (χ0n) is 53.7. The number of benzene rings is 5. The molecule has 1 aliphatic heterocycles. The van der Waals surface area contributed by atoms with Crippen molar-refractivity contribution in [2.24, 2.45) is 0 Å². The van der Waals surface area contributed by atoms with E-state index in [-0.39, 0.29) is 0 Å². The van der Waals surface area contributed by atoms with E-state index in [9.17, 15) is 0 Å². The number of nitrogen functional groups attached to an aromatic ring is 2. The third-order valence-corrected chi connectivity index (χ3v) is 15.4. The molecule has 8 aromatic heterocycles. The van der Waals surface area contributed by atoms with Crippen molar-refractivity contribution in [1.82, 2.24) is 50.1 Å². The fourth-order valence-corrected chi connectivity index (χ4v) is 9.88. The molecule has 14 nitrogen and oxygen atoms in total. The number of nitrogens with one attached hydrogen (secondary N) is 6. The van der Waals surface area contributed by atoms with E-state index in [0.29, 0.717) is 53.2 Å². The van der Waals surface area contributed by atoms with E-state index in [0.717, 1.165) is 74.1 Å². The van der Waals surface area contributed by atoms with Crippen LogP contribution in [0.3, 0.4) is 0 Å². The fraction of sp³-hybridized carbons (Fsp3) is 0.329. The molecule has 1 aliphatic rings. The summed E-state index contributed by atoms with van der Waals surface area (Å²) in [6.07, 6.45) is 6.71. The third-order valence-electron chi connectivity index (χ3n) is 15.4. The lowest BCUT2D eigenvalue weighted by Gasteiger charge is -2.05. The second-order valence-corrected chi connectivity index (χ2v) is 24.6. The van der Waals surface area contributed by atoms with Crippen molar-refractivity contribution in [3.8, 4) is 0 Å². The summed E-state index contributed by atoms with van der Waals surface area (Å²) in [4.78, 5) is 30.2. The number of H-pyrrole nitrogens is 5. The standard InChI is InChI=1S/C11H14N2.C11H13N.C11H12O.2C10H13N3.C10H14N2.C10H12N2/c1-7(2)9-4-5-10-11(6-9)13-8(3)12-10;2*1-8(2)9-3-4-11-10(7-9)5-6-12-11;1-6(2)7-3-4-9-8(5-7)10(11)13-12-9;1-6(2)7-3-4-8-9(5-7)13-10(11)12-8;2*1-7(2)8-3-4-9-10(12-8)5-6-11-9/h4-7H,1-3H3,(H,12,13);3-8,12H,1-2H3;3-8H,1-2H3;2*3-6H,1-2H3,(H3,11,12,13);3-4,7,11H,5-6H2,1-2H3;3-7,11H,1-2H3. The van der Waals surface area contributed by atoms with Crippen molar-refractivity contribution < 1.29 is 4.42 Å². The molecule has 0 saturated carbocycles. The van der Waals surface area contributed by atoms with Crippen LogP contribution in [0.15, 0.2) is 157 Å². The minimum atomic E-state index is 0.482. The minimum Gasteiger partial charge on any atom is -0.464 e. The highest BCUT2D eigenvalue weighted by atomic mass is 16.3. The molecular formula is C73H91N13O. The number of anilines is 3. The van der Waals surface area contributed by atoms with Gasteiger partial charge in [-0.05, 0) is 185 Å². The molecule has 0 saturated heterocycles. The Bertz CT molecular complexity index is 3990. The Morgan fingerprint density at radius 2 is 0.954 bits per heavy atom. The van der Waals surface area contributed by atoms with Crippen LogP contribution in [0.4, 0.5) is 17.5 Å². The van der Waals surface area contributed by atoms with E-state index in [2.05, 4.69) is 255 Å². The summed E-state index contributed by atoms with van der Waals surface area (Å²) in [5.74, 6) is 5.93. The van der Waals surface area contributed by atoms with Crippen molar-refractivity contribution in [3.63, 3.8) is 0 Å². The number of imidazole rings is 2. The molecule has 9 heterocycles. The predicted molar refractivity (Wildman–Crippen MR) is 368 cm³/mol. The zero-order valence-corrected chi connectivity index (χ0v) is 53.7. The maximum absolute atomic E-state index is 5.70. The van der Waals surface area contributed by atoms with Crippen molar-refractivity contribution in [1.29, 1.82) is 0 Å². The van der Waals surface area contributed by atoms with Crippen LogP contribution in [0, 0.1) is 6.92 Å². The molecule has 0 radical (unpaired) electrons. The van der Waals surface area contributed by atoms with Gasteiger partial charge in [-0.25, -0.2) is 9.97 Å². The number of rotatable bonds is 7. The highest BCUT2D eigenvalue weighted by molar-refractivity contribution is 5.89. The molecule has 0 bridgehead atoms. The Kier molecular flexibility index (Phi) is 21.5. The lowest BCUT2D eigenvalue weighted by Crippen LogP contribution is -1.95. The number of hydrogen-bond donors (Lipinski definition) is 8. The van der Waals surface area contributed by atoms with Gasteiger partial charge in [-0.2, -0.15) is 5.10 Å². The van der Waals surface area contributed by atoms with Crippen LogP contribution in [0.2, 0.25) is 0 Å². The van der Waals surface area contributed by atoms with Crippen molar-refractivity contribution in [3.05, 3.63) is 203 Å². The molecule has 0 spiro atoms. The summed E-state index contributed by atoms with van der Waals surface area (Å²) in [6, 6.07) is 46.2. The Hall–Kier alpha value is -9.17. The van der Waals surface area contributed by atoms with Gasteiger partial charge in [0.2, 0.25) is 0 Å². The largest absolute Gasteiger partial charge is 0.464 e. The second kappa shape index (κ2) is 29.3. The Morgan fingerprint density at radius 3 is 1.61 bits per heavy atom. The predicted octanol–water partition coefficient (Wildman–Crippen LogP) is 19.2. The Morgan fingerprint density at radius 1 is 0.437 bits per heavy atom. The Balaban J connectivity index is 0.000000132. The number of aromatic amines is 5. The number of fused-ring (bicyclic) bond motifs is 7. The zero-order chi connectivity index (χ0) is 62.5. The first-order chi connectivity index (χ1) is 41.6. The molecular weight excluding hydrogens is 1070 g/mol. The molecule has 5 aromatic carbocycles. The van der Waals surface area contributed by atoms with Crippen LogP contribution >= 0.6 is 0 Å². The molecule has 13 aromatic rings. The summed E-state index contributed by atoms with van der Waals surface area (Å²) in [7, 11) is 0. The molecule has 454 valence electrons. The number of nitrogens with zero attached hydrogens (tertiary/aromatic N) is 5. The molecule has 10 N–H and O–H groups in total. The maximum atomic E-state index is 5.70. The van der Waals surface area contributed by atoms with E-state index in [4.69, 9.17) is 15.9 Å². The first-order valence-corrected chi connectivity index (χ1v) is 30.8. The van der Waals surface area contributed by atoms with Gasteiger partial charge in [0.1, 0.15) is 11.4 Å². The fourth-order valence-electron chi connectivity index (χ4n) is 9.88.